The first-order valence-corrected chi connectivity index (χ1v) is 6.78. The van der Waals surface area contributed by atoms with E-state index in [-0.39, 0.29) is 0 Å². The summed E-state index contributed by atoms with van der Waals surface area (Å²) in [6.07, 6.45) is 8.45. The van der Waals surface area contributed by atoms with Gasteiger partial charge in [0.15, 0.2) is 0 Å². The largest absolute Gasteiger partial charge is 0.300 e. The number of hydrogen-bond acceptors (Lipinski definition) is 2. The lowest BCUT2D eigenvalue weighted by Crippen LogP contribution is -2.34. The molecule has 0 N–H and O–H groups in total. The van der Waals surface area contributed by atoms with Crippen LogP contribution in [-0.4, -0.2) is 29.8 Å². The minimum atomic E-state index is 0.624. The molecule has 0 saturated heterocycles. The van der Waals surface area contributed by atoms with Gasteiger partial charge in [-0.05, 0) is 49.8 Å². The van der Waals surface area contributed by atoms with Crippen molar-refractivity contribution in [3.8, 4) is 0 Å². The molecular weight excluding hydrogens is 190 g/mol. The number of hydrogen-bond donors (Lipinski definition) is 1. The quantitative estimate of drug-likeness (QED) is 0.636. The fourth-order valence-electron chi connectivity index (χ4n) is 2.17. The molecule has 0 amide bonds. The van der Waals surface area contributed by atoms with E-state index in [1.807, 2.05) is 0 Å². The van der Waals surface area contributed by atoms with Crippen molar-refractivity contribution in [2.24, 2.45) is 5.41 Å². The van der Waals surface area contributed by atoms with E-state index in [0.717, 1.165) is 11.8 Å². The van der Waals surface area contributed by atoms with E-state index < -0.39 is 0 Å². The number of rotatable bonds is 7. The van der Waals surface area contributed by atoms with E-state index in [1.165, 1.54) is 51.6 Å². The maximum absolute atomic E-state index is 4.49. The molecule has 0 heterocycles. The summed E-state index contributed by atoms with van der Waals surface area (Å²) in [5, 5.41) is 0. The Morgan fingerprint density at radius 2 is 2.07 bits per heavy atom. The molecule has 0 radical (unpaired) electrons. The molecule has 0 aliphatic heterocycles. The molecule has 0 spiro atoms. The summed E-state index contributed by atoms with van der Waals surface area (Å²) in [4.78, 5) is 2.74. The lowest BCUT2D eigenvalue weighted by atomic mass is 10.1. The molecule has 2 rings (SSSR count). The first kappa shape index (κ1) is 10.8. The summed E-state index contributed by atoms with van der Waals surface area (Å²) in [6.45, 7) is 4.95. The third kappa shape index (κ3) is 2.66. The van der Waals surface area contributed by atoms with E-state index >= 15 is 0 Å². The van der Waals surface area contributed by atoms with Gasteiger partial charge in [-0.25, -0.2) is 0 Å². The Balaban J connectivity index is 1.78. The molecule has 0 unspecified atom stereocenters. The summed E-state index contributed by atoms with van der Waals surface area (Å²) in [7, 11) is 0. The maximum atomic E-state index is 4.49. The van der Waals surface area contributed by atoms with Crippen LogP contribution in [0.25, 0.3) is 0 Å². The van der Waals surface area contributed by atoms with Gasteiger partial charge < -0.3 is 0 Å². The van der Waals surface area contributed by atoms with Gasteiger partial charge in [-0.3, -0.25) is 4.90 Å². The van der Waals surface area contributed by atoms with Crippen LogP contribution in [0.4, 0.5) is 0 Å². The predicted molar refractivity (Wildman–Crippen MR) is 65.0 cm³/mol. The highest BCUT2D eigenvalue weighted by Gasteiger charge is 2.44. The van der Waals surface area contributed by atoms with Crippen LogP contribution in [0.15, 0.2) is 0 Å². The third-order valence-corrected chi connectivity index (χ3v) is 4.36. The van der Waals surface area contributed by atoms with Gasteiger partial charge in [0.25, 0.3) is 0 Å². The van der Waals surface area contributed by atoms with Gasteiger partial charge in [-0.2, -0.15) is 12.6 Å². The minimum Gasteiger partial charge on any atom is -0.300 e. The Morgan fingerprint density at radius 3 is 2.50 bits per heavy atom. The molecule has 0 atom stereocenters. The Kier molecular flexibility index (Phi) is 3.43. The van der Waals surface area contributed by atoms with Crippen molar-refractivity contribution in [3.05, 3.63) is 0 Å². The molecule has 0 aromatic heterocycles. The van der Waals surface area contributed by atoms with Crippen LogP contribution in [0.3, 0.4) is 0 Å². The normalized spacial score (nSPS) is 24.2. The summed E-state index contributed by atoms with van der Waals surface area (Å²) < 4.78 is 0. The van der Waals surface area contributed by atoms with E-state index in [1.54, 1.807) is 0 Å². The second kappa shape index (κ2) is 4.44. The van der Waals surface area contributed by atoms with Gasteiger partial charge in [0.2, 0.25) is 0 Å². The smallest absolute Gasteiger partial charge is 0.00966 e. The third-order valence-electron chi connectivity index (χ3n) is 3.69. The average molecular weight is 213 g/mol. The van der Waals surface area contributed by atoms with Crippen LogP contribution < -0.4 is 0 Å². The van der Waals surface area contributed by atoms with Crippen molar-refractivity contribution in [2.75, 3.05) is 18.8 Å². The van der Waals surface area contributed by atoms with E-state index in [4.69, 9.17) is 0 Å². The van der Waals surface area contributed by atoms with Crippen LogP contribution >= 0.6 is 12.6 Å². The van der Waals surface area contributed by atoms with Gasteiger partial charge in [0.1, 0.15) is 0 Å². The molecule has 0 aromatic rings. The average Bonchev–Trinajstić information content (AvgIpc) is 3.04. The zero-order chi connectivity index (χ0) is 10.0. The fraction of sp³-hybridized carbons (Fsp3) is 1.00. The van der Waals surface area contributed by atoms with Crippen molar-refractivity contribution in [3.63, 3.8) is 0 Å². The first-order valence-electron chi connectivity index (χ1n) is 6.14. The zero-order valence-electron chi connectivity index (χ0n) is 9.34. The molecular formula is C12H23NS. The lowest BCUT2D eigenvalue weighted by molar-refractivity contribution is 0.217. The highest BCUT2D eigenvalue weighted by molar-refractivity contribution is 7.80. The zero-order valence-corrected chi connectivity index (χ0v) is 10.2. The van der Waals surface area contributed by atoms with Crippen LogP contribution in [0.5, 0.6) is 0 Å². The van der Waals surface area contributed by atoms with Gasteiger partial charge in [-0.15, -0.1) is 0 Å². The summed E-state index contributed by atoms with van der Waals surface area (Å²) in [5.41, 5.74) is 0.624. The van der Waals surface area contributed by atoms with Gasteiger partial charge >= 0.3 is 0 Å². The molecule has 2 heteroatoms. The molecule has 2 fully saturated rings. The Hall–Kier alpha value is 0.310. The molecule has 0 bridgehead atoms. The van der Waals surface area contributed by atoms with E-state index in [2.05, 4.69) is 24.5 Å². The number of nitrogens with zero attached hydrogens (tertiary/aromatic N) is 1. The molecule has 0 aromatic carbocycles. The highest BCUT2D eigenvalue weighted by Crippen LogP contribution is 2.48. The summed E-state index contributed by atoms with van der Waals surface area (Å²) in [6, 6.07) is 0.943. The first-order chi connectivity index (χ1) is 6.79. The van der Waals surface area contributed by atoms with Gasteiger partial charge in [0, 0.05) is 12.6 Å². The monoisotopic (exact) mass is 213 g/mol. The van der Waals surface area contributed by atoms with Crippen LogP contribution in [0.1, 0.15) is 45.4 Å². The standard InChI is InChI=1S/C12H23NS/c1-2-3-8-13(11-4-5-11)9-12(10-14)6-7-12/h11,14H,2-10H2,1H3. The van der Waals surface area contributed by atoms with Crippen molar-refractivity contribution in [1.82, 2.24) is 4.90 Å². The van der Waals surface area contributed by atoms with Gasteiger partial charge in [-0.1, -0.05) is 13.3 Å². The van der Waals surface area contributed by atoms with Crippen LogP contribution in [0.2, 0.25) is 0 Å². The van der Waals surface area contributed by atoms with Crippen LogP contribution in [-0.2, 0) is 0 Å². The van der Waals surface area contributed by atoms with E-state index in [0.29, 0.717) is 5.41 Å². The Bertz CT molecular complexity index is 185. The molecule has 1 nitrogen and oxygen atoms in total. The minimum absolute atomic E-state index is 0.624. The Labute approximate surface area is 93.7 Å². The second-order valence-electron chi connectivity index (χ2n) is 5.21. The van der Waals surface area contributed by atoms with Crippen molar-refractivity contribution < 1.29 is 0 Å². The number of unbranched alkanes of at least 4 members (excludes halogenated alkanes) is 1. The maximum Gasteiger partial charge on any atom is 0.00966 e. The number of thiol groups is 1. The van der Waals surface area contributed by atoms with Crippen molar-refractivity contribution >= 4 is 12.6 Å². The topological polar surface area (TPSA) is 3.24 Å². The molecule has 14 heavy (non-hydrogen) atoms. The summed E-state index contributed by atoms with van der Waals surface area (Å²) >= 11 is 4.49. The molecule has 2 aliphatic carbocycles. The van der Waals surface area contributed by atoms with E-state index in [9.17, 15) is 0 Å². The lowest BCUT2D eigenvalue weighted by Gasteiger charge is -2.26. The predicted octanol–water partition coefficient (Wildman–Crippen LogP) is 2.96. The highest BCUT2D eigenvalue weighted by atomic mass is 32.1. The van der Waals surface area contributed by atoms with Crippen molar-refractivity contribution in [2.45, 2.75) is 51.5 Å². The Morgan fingerprint density at radius 1 is 1.36 bits per heavy atom. The second-order valence-corrected chi connectivity index (χ2v) is 5.53. The summed E-state index contributed by atoms with van der Waals surface area (Å²) in [5.74, 6) is 1.10. The van der Waals surface area contributed by atoms with Crippen molar-refractivity contribution in [1.29, 1.82) is 0 Å². The molecule has 2 saturated carbocycles. The van der Waals surface area contributed by atoms with Crippen LogP contribution in [0, 0.1) is 5.41 Å². The molecule has 2 aliphatic rings. The SMILES string of the molecule is CCCCN(CC1(CS)CC1)C1CC1. The molecule has 82 valence electrons. The van der Waals surface area contributed by atoms with Gasteiger partial charge in [0.05, 0.1) is 0 Å². The fourth-order valence-corrected chi connectivity index (χ4v) is 2.58.